The number of phenols is 1. The first-order valence-corrected chi connectivity index (χ1v) is 9.04. The zero-order valence-electron chi connectivity index (χ0n) is 15.4. The number of pyridine rings is 1. The van der Waals surface area contributed by atoms with E-state index in [1.54, 1.807) is 0 Å². The maximum atomic E-state index is 13.1. The third-order valence-electron chi connectivity index (χ3n) is 4.50. The fraction of sp³-hybridized carbons (Fsp3) is 0.100. The number of fused-ring (bicyclic) bond motifs is 2. The van der Waals surface area contributed by atoms with Crippen LogP contribution in [-0.4, -0.2) is 16.0 Å². The number of nitrogens with one attached hydrogen (secondary N) is 1. The van der Waals surface area contributed by atoms with Crippen molar-refractivity contribution in [2.75, 3.05) is 5.32 Å². The van der Waals surface area contributed by atoms with Crippen LogP contribution in [0.1, 0.15) is 21.5 Å². The van der Waals surface area contributed by atoms with Crippen LogP contribution in [0.25, 0.3) is 22.3 Å². The molecule has 0 saturated carbocycles. The van der Waals surface area contributed by atoms with E-state index in [9.17, 15) is 36.2 Å². The first-order valence-electron chi connectivity index (χ1n) is 8.66. The van der Waals surface area contributed by atoms with Gasteiger partial charge in [0.05, 0.1) is 16.7 Å². The molecular weight excluding hydrogens is 466 g/mol. The van der Waals surface area contributed by atoms with Crippen LogP contribution in [0.3, 0.4) is 0 Å². The third kappa shape index (κ3) is 3.91. The number of halogens is 7. The zero-order chi connectivity index (χ0) is 23.4. The Morgan fingerprint density at radius 3 is 2.34 bits per heavy atom. The Bertz CT molecular complexity index is 1330. The van der Waals surface area contributed by atoms with Gasteiger partial charge >= 0.3 is 12.4 Å². The second kappa shape index (κ2) is 7.30. The van der Waals surface area contributed by atoms with Gasteiger partial charge in [-0.1, -0.05) is 23.7 Å². The van der Waals surface area contributed by atoms with Crippen LogP contribution in [0.4, 0.5) is 32.2 Å². The molecule has 32 heavy (non-hydrogen) atoms. The first-order chi connectivity index (χ1) is 14.8. The van der Waals surface area contributed by atoms with E-state index in [-0.39, 0.29) is 27.9 Å². The van der Waals surface area contributed by atoms with Crippen LogP contribution >= 0.6 is 11.6 Å². The Kier molecular flexibility index (Phi) is 4.96. The number of alkyl halides is 6. The summed E-state index contributed by atoms with van der Waals surface area (Å²) in [4.78, 5) is 16.5. The summed E-state index contributed by atoms with van der Waals surface area (Å²) in [5, 5.41) is 11.6. The van der Waals surface area contributed by atoms with Gasteiger partial charge in [0.25, 0.3) is 5.91 Å². The number of aromatic nitrogens is 1. The molecule has 0 atom stereocenters. The van der Waals surface area contributed by atoms with Gasteiger partial charge in [-0.05, 0) is 29.8 Å². The summed E-state index contributed by atoms with van der Waals surface area (Å²) >= 11 is 5.61. The molecule has 2 bridgehead atoms. The van der Waals surface area contributed by atoms with Gasteiger partial charge in [-0.15, -0.1) is 0 Å². The van der Waals surface area contributed by atoms with Gasteiger partial charge in [0.1, 0.15) is 16.6 Å². The highest BCUT2D eigenvalue weighted by Crippen LogP contribution is 2.44. The molecule has 0 radical (unpaired) electrons. The van der Waals surface area contributed by atoms with E-state index in [0.29, 0.717) is 12.1 Å². The summed E-state index contributed by atoms with van der Waals surface area (Å²) < 4.78 is 83.7. The van der Waals surface area contributed by atoms with Gasteiger partial charge in [-0.3, -0.25) is 4.79 Å². The predicted molar refractivity (Wildman–Crippen MR) is 102 cm³/mol. The number of benzene rings is 2. The highest BCUT2D eigenvalue weighted by Gasteiger charge is 2.34. The van der Waals surface area contributed by atoms with Gasteiger partial charge in [0.2, 0.25) is 0 Å². The summed E-state index contributed by atoms with van der Waals surface area (Å²) in [6.07, 6.45) is -9.44. The molecule has 0 spiro atoms. The first kappa shape index (κ1) is 21.8. The lowest BCUT2D eigenvalue weighted by Crippen LogP contribution is -2.15. The maximum Gasteiger partial charge on any atom is 0.416 e. The highest BCUT2D eigenvalue weighted by molar-refractivity contribution is 6.29. The van der Waals surface area contributed by atoms with Crippen LogP contribution in [0.5, 0.6) is 5.75 Å². The molecule has 12 heteroatoms. The van der Waals surface area contributed by atoms with Gasteiger partial charge in [-0.2, -0.15) is 26.3 Å². The van der Waals surface area contributed by atoms with Crippen molar-refractivity contribution in [3.63, 3.8) is 0 Å². The minimum atomic E-state index is -4.76. The Morgan fingerprint density at radius 1 is 1.00 bits per heavy atom. The summed E-state index contributed by atoms with van der Waals surface area (Å²) in [5.74, 6) is -1.97. The average Bonchev–Trinajstić information content (AvgIpc) is 3.23. The topological polar surface area (TPSA) is 75.4 Å². The number of hydrogen-bond acceptors (Lipinski definition) is 4. The summed E-state index contributed by atoms with van der Waals surface area (Å²) in [6, 6.07) is 6.12. The molecule has 0 aliphatic heterocycles. The monoisotopic (exact) mass is 474 g/mol. The molecule has 5 nitrogen and oxygen atoms in total. The van der Waals surface area contributed by atoms with Crippen molar-refractivity contribution in [1.29, 1.82) is 0 Å². The standard InChI is InChI=1S/C20H9ClF6N2O3/c21-13-5-10(20(25,26)27)6-14(28-13)29-18(31)16-12-7-11(30)17(32-12)15(16)8-2-1-3-9(4-8)19(22,23)24/h1-7,30H,(H,28,29,31). The van der Waals surface area contributed by atoms with E-state index in [1.165, 1.54) is 6.07 Å². The lowest BCUT2D eigenvalue weighted by atomic mass is 9.97. The molecule has 3 aromatic heterocycles. The largest absolute Gasteiger partial charge is 0.504 e. The van der Waals surface area contributed by atoms with Crippen molar-refractivity contribution in [3.8, 4) is 16.9 Å². The van der Waals surface area contributed by atoms with Crippen LogP contribution in [0.2, 0.25) is 5.15 Å². The normalized spacial score (nSPS) is 12.5. The Balaban J connectivity index is 1.79. The van der Waals surface area contributed by atoms with Gasteiger partial charge < -0.3 is 14.8 Å². The minimum Gasteiger partial charge on any atom is -0.504 e. The fourth-order valence-electron chi connectivity index (χ4n) is 3.18. The SMILES string of the molecule is O=C(Nc1cc(C(F)(F)F)cc(Cl)n1)c1c(-c2cccc(C(F)(F)F)c2)c2oc1cc2O. The zero-order valence-corrected chi connectivity index (χ0v) is 16.2. The number of anilines is 1. The lowest BCUT2D eigenvalue weighted by molar-refractivity contribution is -0.138. The van der Waals surface area contributed by atoms with Crippen molar-refractivity contribution < 1.29 is 40.7 Å². The number of hydrogen-bond donors (Lipinski definition) is 2. The van der Waals surface area contributed by atoms with Crippen molar-refractivity contribution in [1.82, 2.24) is 4.98 Å². The summed E-state index contributed by atoms with van der Waals surface area (Å²) in [7, 11) is 0. The number of furan rings is 2. The Morgan fingerprint density at radius 2 is 1.69 bits per heavy atom. The summed E-state index contributed by atoms with van der Waals surface area (Å²) in [5.41, 5.74) is -3.13. The molecule has 4 aromatic rings. The molecule has 0 fully saturated rings. The quantitative estimate of drug-likeness (QED) is 0.260. The lowest BCUT2D eigenvalue weighted by Gasteiger charge is -2.12. The fourth-order valence-corrected chi connectivity index (χ4v) is 3.38. The summed E-state index contributed by atoms with van der Waals surface area (Å²) in [6.45, 7) is 0. The third-order valence-corrected chi connectivity index (χ3v) is 4.70. The Hall–Kier alpha value is -3.47. The highest BCUT2D eigenvalue weighted by atomic mass is 35.5. The van der Waals surface area contributed by atoms with E-state index in [0.717, 1.165) is 24.3 Å². The second-order valence-corrected chi connectivity index (χ2v) is 7.06. The van der Waals surface area contributed by atoms with Gasteiger partial charge in [-0.25, -0.2) is 4.98 Å². The predicted octanol–water partition coefficient (Wildman–Crippen LogP) is 6.58. The number of carbonyl (C=O) groups is 1. The number of aromatic hydroxyl groups is 1. The van der Waals surface area contributed by atoms with E-state index in [4.69, 9.17) is 16.0 Å². The van der Waals surface area contributed by atoms with E-state index in [1.807, 2.05) is 0 Å². The molecule has 0 aliphatic carbocycles. The molecule has 2 N–H and O–H groups in total. The van der Waals surface area contributed by atoms with Crippen LogP contribution < -0.4 is 5.32 Å². The van der Waals surface area contributed by atoms with E-state index in [2.05, 4.69) is 10.3 Å². The molecule has 1 aromatic carbocycles. The van der Waals surface area contributed by atoms with E-state index < -0.39 is 46.1 Å². The molecule has 0 unspecified atom stereocenters. The van der Waals surface area contributed by atoms with Crippen LogP contribution in [0, 0.1) is 0 Å². The van der Waals surface area contributed by atoms with Gasteiger partial charge in [0.15, 0.2) is 11.3 Å². The number of nitrogens with zero attached hydrogens (tertiary/aromatic N) is 1. The number of carbonyl (C=O) groups excluding carboxylic acids is 1. The molecule has 1 amide bonds. The van der Waals surface area contributed by atoms with Gasteiger partial charge in [0, 0.05) is 11.6 Å². The minimum absolute atomic E-state index is 0.0929. The van der Waals surface area contributed by atoms with Crippen molar-refractivity contribution in [2.24, 2.45) is 0 Å². The maximum absolute atomic E-state index is 13.1. The number of rotatable bonds is 3. The average molecular weight is 475 g/mol. The van der Waals surface area contributed by atoms with Crippen LogP contribution in [-0.2, 0) is 12.4 Å². The number of amides is 1. The molecule has 166 valence electrons. The molecule has 0 aliphatic rings. The number of phenolic OH excluding ortho intramolecular Hbond substituents is 1. The second-order valence-electron chi connectivity index (χ2n) is 6.67. The molecule has 0 saturated heterocycles. The molecule has 3 heterocycles. The van der Waals surface area contributed by atoms with E-state index >= 15 is 0 Å². The van der Waals surface area contributed by atoms with Crippen molar-refractivity contribution >= 4 is 34.5 Å². The van der Waals surface area contributed by atoms with Crippen molar-refractivity contribution in [3.05, 3.63) is 64.3 Å². The Labute approximate surface area is 179 Å². The smallest absolute Gasteiger partial charge is 0.416 e. The van der Waals surface area contributed by atoms with Crippen LogP contribution in [0.15, 0.2) is 46.9 Å². The molecular formula is C20H9ClF6N2O3. The molecule has 4 rings (SSSR count). The van der Waals surface area contributed by atoms with Crippen molar-refractivity contribution in [2.45, 2.75) is 12.4 Å².